The van der Waals surface area contributed by atoms with Crippen LogP contribution < -0.4 is 10.6 Å². The minimum absolute atomic E-state index is 0. The molecule has 2 amide bonds. The second-order valence-electron chi connectivity index (χ2n) is 7.95. The van der Waals surface area contributed by atoms with Crippen LogP contribution in [0.2, 0.25) is 0 Å². The molecular weight excluding hydrogens is 362 g/mol. The molecule has 1 atom stereocenters. The number of piperidine rings is 1. The Balaban J connectivity index is 0.00000261. The van der Waals surface area contributed by atoms with E-state index in [1.165, 1.54) is 6.42 Å². The van der Waals surface area contributed by atoms with Crippen LogP contribution in [0.5, 0.6) is 0 Å². The Hall–Kier alpha value is -1.59. The van der Waals surface area contributed by atoms with Gasteiger partial charge in [-0.05, 0) is 81.3 Å². The fraction of sp³-hybridized carbons (Fsp3) is 0.619. The number of carbonyl (C=O) groups excluding carboxylic acids is 2. The molecular formula is C21H32ClN3O2. The Labute approximate surface area is 168 Å². The van der Waals surface area contributed by atoms with Gasteiger partial charge in [0.05, 0.1) is 0 Å². The molecule has 6 heteroatoms. The summed E-state index contributed by atoms with van der Waals surface area (Å²) in [6.07, 6.45) is 4.81. The SMILES string of the molecule is Cc1cc(C(=O)N2CCC(C)CC2)ccc1NC(=O)CCC1CCNC1.Cl. The van der Waals surface area contributed by atoms with Crippen LogP contribution in [0.25, 0.3) is 0 Å². The third kappa shape index (κ3) is 5.94. The fourth-order valence-electron chi connectivity index (χ4n) is 3.84. The van der Waals surface area contributed by atoms with Gasteiger partial charge in [0.15, 0.2) is 0 Å². The molecule has 1 unspecified atom stereocenters. The largest absolute Gasteiger partial charge is 0.339 e. The molecule has 0 radical (unpaired) electrons. The first-order valence-electron chi connectivity index (χ1n) is 9.93. The third-order valence-electron chi connectivity index (χ3n) is 5.76. The predicted octanol–water partition coefficient (Wildman–Crippen LogP) is 3.62. The highest BCUT2D eigenvalue weighted by Crippen LogP contribution is 2.22. The minimum Gasteiger partial charge on any atom is -0.339 e. The lowest BCUT2D eigenvalue weighted by molar-refractivity contribution is -0.116. The highest BCUT2D eigenvalue weighted by atomic mass is 35.5. The van der Waals surface area contributed by atoms with Gasteiger partial charge in [0, 0.05) is 30.8 Å². The van der Waals surface area contributed by atoms with Crippen molar-refractivity contribution in [2.45, 2.75) is 46.0 Å². The first kappa shape index (κ1) is 21.7. The monoisotopic (exact) mass is 393 g/mol. The summed E-state index contributed by atoms with van der Waals surface area (Å²) in [5.74, 6) is 1.49. The quantitative estimate of drug-likeness (QED) is 0.803. The second kappa shape index (κ2) is 10.1. The summed E-state index contributed by atoms with van der Waals surface area (Å²) < 4.78 is 0. The van der Waals surface area contributed by atoms with Gasteiger partial charge >= 0.3 is 0 Å². The molecule has 1 aromatic rings. The molecule has 2 fully saturated rings. The lowest BCUT2D eigenvalue weighted by Gasteiger charge is -2.30. The molecule has 2 aliphatic rings. The van der Waals surface area contributed by atoms with Gasteiger partial charge in [0.1, 0.15) is 0 Å². The Morgan fingerprint density at radius 3 is 2.59 bits per heavy atom. The summed E-state index contributed by atoms with van der Waals surface area (Å²) in [4.78, 5) is 26.8. The summed E-state index contributed by atoms with van der Waals surface area (Å²) in [6.45, 7) is 7.97. The van der Waals surface area contributed by atoms with Gasteiger partial charge in [0.2, 0.25) is 5.91 Å². The van der Waals surface area contributed by atoms with Crippen molar-refractivity contribution in [2.75, 3.05) is 31.5 Å². The van der Waals surface area contributed by atoms with Gasteiger partial charge in [-0.25, -0.2) is 0 Å². The predicted molar refractivity (Wildman–Crippen MR) is 112 cm³/mol. The van der Waals surface area contributed by atoms with E-state index in [-0.39, 0.29) is 24.2 Å². The second-order valence-corrected chi connectivity index (χ2v) is 7.95. The van der Waals surface area contributed by atoms with Gasteiger partial charge in [-0.1, -0.05) is 6.92 Å². The standard InChI is InChI=1S/C21H31N3O2.ClH/c1-15-8-11-24(12-9-15)21(26)18-4-5-19(16(2)13-18)23-20(25)6-3-17-7-10-22-14-17;/h4-5,13,15,17,22H,3,6-12,14H2,1-2H3,(H,23,25);1H. The van der Waals surface area contributed by atoms with E-state index in [0.29, 0.717) is 23.8 Å². The highest BCUT2D eigenvalue weighted by Gasteiger charge is 2.22. The maximum atomic E-state index is 12.7. The number of aryl methyl sites for hydroxylation is 1. The van der Waals surface area contributed by atoms with Gasteiger partial charge in [-0.2, -0.15) is 0 Å². The zero-order valence-electron chi connectivity index (χ0n) is 16.4. The van der Waals surface area contributed by atoms with Crippen LogP contribution in [0, 0.1) is 18.8 Å². The number of hydrogen-bond acceptors (Lipinski definition) is 3. The fourth-order valence-corrected chi connectivity index (χ4v) is 3.84. The zero-order chi connectivity index (χ0) is 18.5. The van der Waals surface area contributed by atoms with Crippen molar-refractivity contribution in [3.8, 4) is 0 Å². The lowest BCUT2D eigenvalue weighted by Crippen LogP contribution is -2.37. The normalized spacial score (nSPS) is 20.2. The molecule has 1 aromatic carbocycles. The van der Waals surface area contributed by atoms with Crippen LogP contribution in [0.4, 0.5) is 5.69 Å². The summed E-state index contributed by atoms with van der Waals surface area (Å²) in [6, 6.07) is 5.60. The lowest BCUT2D eigenvalue weighted by atomic mass is 9.98. The van der Waals surface area contributed by atoms with Crippen molar-refractivity contribution in [1.82, 2.24) is 10.2 Å². The number of amides is 2. The van der Waals surface area contributed by atoms with Crippen molar-refractivity contribution in [3.05, 3.63) is 29.3 Å². The van der Waals surface area contributed by atoms with Crippen molar-refractivity contribution in [3.63, 3.8) is 0 Å². The molecule has 2 heterocycles. The van der Waals surface area contributed by atoms with E-state index in [4.69, 9.17) is 0 Å². The molecule has 0 spiro atoms. The average molecular weight is 394 g/mol. The van der Waals surface area contributed by atoms with Crippen molar-refractivity contribution in [2.24, 2.45) is 11.8 Å². The van der Waals surface area contributed by atoms with E-state index in [0.717, 1.165) is 56.7 Å². The molecule has 0 aliphatic carbocycles. The Morgan fingerprint density at radius 2 is 1.96 bits per heavy atom. The smallest absolute Gasteiger partial charge is 0.253 e. The molecule has 27 heavy (non-hydrogen) atoms. The topological polar surface area (TPSA) is 61.4 Å². The number of carbonyl (C=O) groups is 2. The van der Waals surface area contributed by atoms with Crippen LogP contribution in [-0.2, 0) is 4.79 Å². The van der Waals surface area contributed by atoms with E-state index in [2.05, 4.69) is 17.6 Å². The van der Waals surface area contributed by atoms with E-state index < -0.39 is 0 Å². The van der Waals surface area contributed by atoms with Crippen molar-refractivity contribution < 1.29 is 9.59 Å². The third-order valence-corrected chi connectivity index (χ3v) is 5.76. The summed E-state index contributed by atoms with van der Waals surface area (Å²) >= 11 is 0. The van der Waals surface area contributed by atoms with Crippen LogP contribution in [0.3, 0.4) is 0 Å². The maximum Gasteiger partial charge on any atom is 0.253 e. The first-order chi connectivity index (χ1) is 12.5. The minimum atomic E-state index is 0. The molecule has 0 bridgehead atoms. The molecule has 2 N–H and O–H groups in total. The van der Waals surface area contributed by atoms with Crippen molar-refractivity contribution >= 4 is 29.9 Å². The molecule has 0 saturated carbocycles. The number of hydrogen-bond donors (Lipinski definition) is 2. The molecule has 5 nitrogen and oxygen atoms in total. The summed E-state index contributed by atoms with van der Waals surface area (Å²) in [5.41, 5.74) is 2.47. The molecule has 0 aromatic heterocycles. The van der Waals surface area contributed by atoms with Crippen molar-refractivity contribution in [1.29, 1.82) is 0 Å². The first-order valence-corrected chi connectivity index (χ1v) is 9.93. The zero-order valence-corrected chi connectivity index (χ0v) is 17.2. The van der Waals surface area contributed by atoms with E-state index in [9.17, 15) is 9.59 Å². The van der Waals surface area contributed by atoms with Crippen LogP contribution >= 0.6 is 12.4 Å². The number of likely N-dealkylation sites (tertiary alicyclic amines) is 1. The number of halogens is 1. The number of benzene rings is 1. The highest BCUT2D eigenvalue weighted by molar-refractivity contribution is 5.96. The summed E-state index contributed by atoms with van der Waals surface area (Å²) in [5, 5.41) is 6.33. The van der Waals surface area contributed by atoms with Gasteiger partial charge in [0.25, 0.3) is 5.91 Å². The van der Waals surface area contributed by atoms with Crippen LogP contribution in [-0.4, -0.2) is 42.9 Å². The average Bonchev–Trinajstić information content (AvgIpc) is 3.15. The molecule has 2 saturated heterocycles. The van der Waals surface area contributed by atoms with E-state index >= 15 is 0 Å². The van der Waals surface area contributed by atoms with Crippen LogP contribution in [0.1, 0.15) is 54.9 Å². The molecule has 3 rings (SSSR count). The van der Waals surface area contributed by atoms with E-state index in [1.54, 1.807) is 0 Å². The van der Waals surface area contributed by atoms with Gasteiger partial charge < -0.3 is 15.5 Å². The Bertz CT molecular complexity index is 651. The number of anilines is 1. The number of rotatable bonds is 5. The maximum absolute atomic E-state index is 12.7. The van der Waals surface area contributed by atoms with Crippen LogP contribution in [0.15, 0.2) is 18.2 Å². The molecule has 150 valence electrons. The number of nitrogens with one attached hydrogen (secondary N) is 2. The van der Waals surface area contributed by atoms with E-state index in [1.807, 2.05) is 30.0 Å². The van der Waals surface area contributed by atoms with Gasteiger partial charge in [-0.15, -0.1) is 12.4 Å². The van der Waals surface area contributed by atoms with Gasteiger partial charge in [-0.3, -0.25) is 9.59 Å². The Kier molecular flexibility index (Phi) is 8.11. The number of nitrogens with zero attached hydrogens (tertiary/aromatic N) is 1. The molecule has 2 aliphatic heterocycles. The Morgan fingerprint density at radius 1 is 1.22 bits per heavy atom. The summed E-state index contributed by atoms with van der Waals surface area (Å²) in [7, 11) is 0.